The standard InChI is InChI=1S/C12H10F4N2S/c13-6-3-7(14)10(16)11(9(6)15)18-12-17-4-8(19-12)5-1-2-5/h3,5,8H,1-2,4H2,(H,17,18). The van der Waals surface area contributed by atoms with Crippen molar-refractivity contribution in [2.45, 2.75) is 18.1 Å². The molecule has 102 valence electrons. The van der Waals surface area contributed by atoms with Gasteiger partial charge in [0.15, 0.2) is 28.4 Å². The summed E-state index contributed by atoms with van der Waals surface area (Å²) in [4.78, 5) is 4.11. The summed E-state index contributed by atoms with van der Waals surface area (Å²) in [6.07, 6.45) is 2.27. The Hall–Kier alpha value is -1.24. The molecule has 1 atom stereocenters. The second-order valence-electron chi connectivity index (χ2n) is 4.61. The number of thioether (sulfide) groups is 1. The minimum atomic E-state index is -1.43. The maximum Gasteiger partial charge on any atom is 0.185 e. The average molecular weight is 290 g/mol. The number of hydrogen-bond acceptors (Lipinski definition) is 3. The number of hydrogen-bond donors (Lipinski definition) is 1. The van der Waals surface area contributed by atoms with Gasteiger partial charge in [0.1, 0.15) is 5.69 Å². The van der Waals surface area contributed by atoms with Crippen LogP contribution in [0.15, 0.2) is 11.1 Å². The Morgan fingerprint density at radius 2 is 1.74 bits per heavy atom. The zero-order valence-electron chi connectivity index (χ0n) is 9.72. The maximum atomic E-state index is 13.5. The molecule has 1 aromatic rings. The minimum absolute atomic E-state index is 0.187. The fraction of sp³-hybridized carbons (Fsp3) is 0.417. The van der Waals surface area contributed by atoms with Crippen molar-refractivity contribution in [1.82, 2.24) is 0 Å². The van der Waals surface area contributed by atoms with Crippen molar-refractivity contribution in [3.05, 3.63) is 29.3 Å². The molecule has 19 heavy (non-hydrogen) atoms. The van der Waals surface area contributed by atoms with E-state index < -0.39 is 29.0 Å². The van der Waals surface area contributed by atoms with Gasteiger partial charge in [-0.15, -0.1) is 0 Å². The summed E-state index contributed by atoms with van der Waals surface area (Å²) in [6, 6.07) is 0.187. The van der Waals surface area contributed by atoms with E-state index in [0.717, 1.165) is 12.8 Å². The number of aliphatic imine (C=N–C) groups is 1. The van der Waals surface area contributed by atoms with E-state index in [2.05, 4.69) is 10.3 Å². The van der Waals surface area contributed by atoms with Crippen LogP contribution in [-0.4, -0.2) is 17.0 Å². The number of amidine groups is 1. The minimum Gasteiger partial charge on any atom is -0.330 e. The van der Waals surface area contributed by atoms with Crippen molar-refractivity contribution in [2.24, 2.45) is 10.9 Å². The number of anilines is 1. The van der Waals surface area contributed by atoms with Crippen molar-refractivity contribution in [2.75, 3.05) is 11.9 Å². The van der Waals surface area contributed by atoms with Gasteiger partial charge in [-0.1, -0.05) is 11.8 Å². The molecule has 1 unspecified atom stereocenters. The van der Waals surface area contributed by atoms with Crippen LogP contribution in [0.3, 0.4) is 0 Å². The quantitative estimate of drug-likeness (QED) is 0.665. The van der Waals surface area contributed by atoms with E-state index in [0.29, 0.717) is 22.9 Å². The highest BCUT2D eigenvalue weighted by Crippen LogP contribution is 2.42. The summed E-state index contributed by atoms with van der Waals surface area (Å²) >= 11 is 1.37. The van der Waals surface area contributed by atoms with E-state index in [1.165, 1.54) is 11.8 Å². The molecule has 2 nitrogen and oxygen atoms in total. The van der Waals surface area contributed by atoms with Crippen LogP contribution in [0, 0.1) is 29.2 Å². The predicted molar refractivity (Wildman–Crippen MR) is 66.3 cm³/mol. The highest BCUT2D eigenvalue weighted by atomic mass is 32.2. The van der Waals surface area contributed by atoms with Gasteiger partial charge in [-0.25, -0.2) is 17.6 Å². The molecule has 3 rings (SSSR count). The van der Waals surface area contributed by atoms with E-state index in [-0.39, 0.29) is 6.07 Å². The molecular weight excluding hydrogens is 280 g/mol. The first kappa shape index (κ1) is 12.8. The Morgan fingerprint density at radius 3 is 2.32 bits per heavy atom. The summed E-state index contributed by atoms with van der Waals surface area (Å²) in [6.45, 7) is 0.568. The summed E-state index contributed by atoms with van der Waals surface area (Å²) < 4.78 is 53.0. The van der Waals surface area contributed by atoms with Crippen molar-refractivity contribution in [1.29, 1.82) is 0 Å². The van der Waals surface area contributed by atoms with E-state index in [1.54, 1.807) is 0 Å². The molecular formula is C12H10F4N2S. The summed E-state index contributed by atoms with van der Waals surface area (Å²) in [5, 5.41) is 2.96. The molecule has 0 bridgehead atoms. The van der Waals surface area contributed by atoms with Crippen molar-refractivity contribution < 1.29 is 17.6 Å². The lowest BCUT2D eigenvalue weighted by Gasteiger charge is -2.10. The SMILES string of the molecule is Fc1cc(F)c(F)c(NC2=NCC(C3CC3)S2)c1F. The first-order valence-electron chi connectivity index (χ1n) is 5.87. The van der Waals surface area contributed by atoms with E-state index in [4.69, 9.17) is 0 Å². The number of nitrogens with one attached hydrogen (secondary N) is 1. The largest absolute Gasteiger partial charge is 0.330 e. The van der Waals surface area contributed by atoms with Crippen LogP contribution in [0.1, 0.15) is 12.8 Å². The highest BCUT2D eigenvalue weighted by molar-refractivity contribution is 8.15. The van der Waals surface area contributed by atoms with Gasteiger partial charge in [-0.3, -0.25) is 4.99 Å². The molecule has 1 heterocycles. The van der Waals surface area contributed by atoms with Crippen molar-refractivity contribution in [3.8, 4) is 0 Å². The predicted octanol–water partition coefficient (Wildman–Crippen LogP) is 3.54. The molecule has 7 heteroatoms. The van der Waals surface area contributed by atoms with Crippen LogP contribution >= 0.6 is 11.8 Å². The summed E-state index contributed by atoms with van der Waals surface area (Å²) in [5.41, 5.74) is -0.819. The first-order valence-corrected chi connectivity index (χ1v) is 6.75. The molecule has 1 aliphatic heterocycles. The molecule has 1 aromatic carbocycles. The molecule has 0 radical (unpaired) electrons. The zero-order chi connectivity index (χ0) is 13.6. The van der Waals surface area contributed by atoms with Crippen LogP contribution in [0.2, 0.25) is 0 Å². The zero-order valence-corrected chi connectivity index (χ0v) is 10.5. The monoisotopic (exact) mass is 290 g/mol. The smallest absolute Gasteiger partial charge is 0.185 e. The van der Waals surface area contributed by atoms with Gasteiger partial charge < -0.3 is 5.32 Å². The van der Waals surface area contributed by atoms with Gasteiger partial charge >= 0.3 is 0 Å². The molecule has 0 aromatic heterocycles. The highest BCUT2D eigenvalue weighted by Gasteiger charge is 2.35. The Kier molecular flexibility index (Phi) is 3.16. The lowest BCUT2D eigenvalue weighted by atomic mass is 10.2. The fourth-order valence-electron chi connectivity index (χ4n) is 1.96. The van der Waals surface area contributed by atoms with Crippen LogP contribution in [0.25, 0.3) is 0 Å². The van der Waals surface area contributed by atoms with Crippen LogP contribution in [0.4, 0.5) is 23.2 Å². The average Bonchev–Trinajstić information content (AvgIpc) is 3.13. The van der Waals surface area contributed by atoms with Gasteiger partial charge in [0.05, 0.1) is 6.54 Å². The van der Waals surface area contributed by atoms with Crippen LogP contribution < -0.4 is 5.32 Å². The fourth-order valence-corrected chi connectivity index (χ4v) is 3.17. The van der Waals surface area contributed by atoms with Crippen LogP contribution in [0.5, 0.6) is 0 Å². The maximum absolute atomic E-state index is 13.5. The molecule has 1 aliphatic carbocycles. The van der Waals surface area contributed by atoms with Crippen molar-refractivity contribution >= 4 is 22.6 Å². The number of benzene rings is 1. The molecule has 0 spiro atoms. The second kappa shape index (κ2) is 4.70. The van der Waals surface area contributed by atoms with Gasteiger partial charge in [0, 0.05) is 11.3 Å². The Bertz CT molecular complexity index is 531. The third-order valence-electron chi connectivity index (χ3n) is 3.17. The molecule has 1 saturated carbocycles. The molecule has 0 saturated heterocycles. The Balaban J connectivity index is 1.80. The van der Waals surface area contributed by atoms with Gasteiger partial charge in [0.2, 0.25) is 0 Å². The number of rotatable bonds is 2. The molecule has 1 fully saturated rings. The molecule has 0 amide bonds. The van der Waals surface area contributed by atoms with Crippen LogP contribution in [-0.2, 0) is 0 Å². The number of nitrogens with zero attached hydrogens (tertiary/aromatic N) is 1. The second-order valence-corrected chi connectivity index (χ2v) is 5.84. The summed E-state index contributed by atoms with van der Waals surface area (Å²) in [5.74, 6) is -5.13. The van der Waals surface area contributed by atoms with E-state index in [1.807, 2.05) is 0 Å². The normalized spacial score (nSPS) is 22.5. The van der Waals surface area contributed by atoms with E-state index in [9.17, 15) is 17.6 Å². The number of halogens is 4. The summed E-state index contributed by atoms with van der Waals surface area (Å²) in [7, 11) is 0. The third kappa shape index (κ3) is 2.43. The van der Waals surface area contributed by atoms with Crippen molar-refractivity contribution in [3.63, 3.8) is 0 Å². The Labute approximate surface area is 111 Å². The lowest BCUT2D eigenvalue weighted by molar-refractivity contribution is 0.459. The lowest BCUT2D eigenvalue weighted by Crippen LogP contribution is -2.12. The topological polar surface area (TPSA) is 24.4 Å². The first-order chi connectivity index (χ1) is 9.06. The molecule has 1 N–H and O–H groups in total. The van der Waals surface area contributed by atoms with E-state index >= 15 is 0 Å². The van der Waals surface area contributed by atoms with Gasteiger partial charge in [0.25, 0.3) is 0 Å². The Morgan fingerprint density at radius 1 is 1.11 bits per heavy atom. The van der Waals surface area contributed by atoms with Gasteiger partial charge in [-0.2, -0.15) is 0 Å². The van der Waals surface area contributed by atoms with Gasteiger partial charge in [-0.05, 0) is 18.8 Å². The molecule has 2 aliphatic rings. The third-order valence-corrected chi connectivity index (χ3v) is 4.46.